The maximum Gasteiger partial charge on any atom is 0.435 e. The quantitative estimate of drug-likeness (QED) is 0.818. The normalized spacial score (nSPS) is 14.5. The lowest BCUT2D eigenvalue weighted by Gasteiger charge is -2.26. The average molecular weight is 327 g/mol. The molecule has 7 heteroatoms. The highest BCUT2D eigenvalue weighted by atomic mass is 16.5. The van der Waals surface area contributed by atoms with Crippen LogP contribution in [0.2, 0.25) is 0 Å². The van der Waals surface area contributed by atoms with E-state index in [-0.39, 0.29) is 12.5 Å². The van der Waals surface area contributed by atoms with Crippen LogP contribution in [0, 0.1) is 0 Å². The zero-order valence-corrected chi connectivity index (χ0v) is 13.7. The van der Waals surface area contributed by atoms with Crippen LogP contribution in [0.5, 0.6) is 5.75 Å². The van der Waals surface area contributed by atoms with E-state index in [4.69, 9.17) is 14.1 Å². The largest absolute Gasteiger partial charge is 0.483 e. The van der Waals surface area contributed by atoms with Gasteiger partial charge in [0.1, 0.15) is 5.75 Å². The van der Waals surface area contributed by atoms with Crippen LogP contribution in [0.1, 0.15) is 0 Å². The fraction of sp³-hybridized carbons (Fsp3) is 0.353. The predicted octanol–water partition coefficient (Wildman–Crippen LogP) is 1.67. The minimum absolute atomic E-state index is 0.0164. The topological polar surface area (TPSA) is 60.0 Å². The third-order valence-corrected chi connectivity index (χ3v) is 3.93. The number of nitrogens with one attached hydrogen (secondary N) is 1. The van der Waals surface area contributed by atoms with E-state index >= 15 is 0 Å². The minimum atomic E-state index is -0.0164. The Hall–Kier alpha value is -2.25. The first-order valence-corrected chi connectivity index (χ1v) is 7.90. The predicted molar refractivity (Wildman–Crippen MR) is 93.2 cm³/mol. The Bertz CT molecular complexity index is 704. The van der Waals surface area contributed by atoms with Gasteiger partial charge in [0.25, 0.3) is 5.91 Å². The second-order valence-electron chi connectivity index (χ2n) is 5.44. The summed E-state index contributed by atoms with van der Waals surface area (Å²) in [6.07, 6.45) is 0. The number of ether oxygens (including phenoxy) is 2. The van der Waals surface area contributed by atoms with Crippen LogP contribution in [0.3, 0.4) is 0 Å². The van der Waals surface area contributed by atoms with Gasteiger partial charge in [0.2, 0.25) is 0 Å². The number of hydrogen-bond acceptors (Lipinski definition) is 5. The van der Waals surface area contributed by atoms with Gasteiger partial charge in [0, 0.05) is 36.7 Å². The maximum absolute atomic E-state index is 12.2. The van der Waals surface area contributed by atoms with E-state index < -0.39 is 0 Å². The molecule has 6 nitrogen and oxygen atoms in total. The van der Waals surface area contributed by atoms with Crippen LogP contribution in [0.4, 0.5) is 5.69 Å². The number of nitrogens with zero attached hydrogens (tertiary/aromatic N) is 1. The van der Waals surface area contributed by atoms with Crippen molar-refractivity contribution >= 4 is 30.0 Å². The first-order valence-electron chi connectivity index (χ1n) is 7.90. The molecule has 2 aromatic carbocycles. The molecule has 125 valence electrons. The molecule has 1 saturated heterocycles. The second kappa shape index (κ2) is 8.03. The summed E-state index contributed by atoms with van der Waals surface area (Å²) in [6.45, 7) is 2.45. The van der Waals surface area contributed by atoms with Crippen LogP contribution in [0.15, 0.2) is 36.4 Å². The molecule has 1 amide bonds. The molecule has 24 heavy (non-hydrogen) atoms. The van der Waals surface area contributed by atoms with Gasteiger partial charge in [0.15, 0.2) is 6.61 Å². The number of carbonyl (C=O) groups is 1. The minimum Gasteiger partial charge on any atom is -0.483 e. The fourth-order valence-corrected chi connectivity index (χ4v) is 2.69. The standard InChI is InChI=1S/C17H20BN2O4/c1-22-18-19-15-6-7-16(14-5-3-2-4-13(14)15)24-12-17(21)20-8-10-23-11-9-20/h2-7,19H,8-12H2,1H3. The lowest BCUT2D eigenvalue weighted by atomic mass is 10.1. The van der Waals surface area contributed by atoms with Crippen molar-refractivity contribution in [2.45, 2.75) is 0 Å². The summed E-state index contributed by atoms with van der Waals surface area (Å²) in [4.78, 5) is 14.0. The highest BCUT2D eigenvalue weighted by Gasteiger charge is 2.17. The monoisotopic (exact) mass is 327 g/mol. The molecule has 1 fully saturated rings. The van der Waals surface area contributed by atoms with Crippen LogP contribution in [-0.2, 0) is 14.2 Å². The van der Waals surface area contributed by atoms with E-state index in [0.29, 0.717) is 32.1 Å². The van der Waals surface area contributed by atoms with Gasteiger partial charge in [-0.2, -0.15) is 0 Å². The van der Waals surface area contributed by atoms with Gasteiger partial charge in [-0.05, 0) is 12.1 Å². The molecule has 0 unspecified atom stereocenters. The summed E-state index contributed by atoms with van der Waals surface area (Å²) < 4.78 is 16.0. The van der Waals surface area contributed by atoms with Crippen LogP contribution in [0.25, 0.3) is 10.8 Å². The Morgan fingerprint density at radius 3 is 2.71 bits per heavy atom. The highest BCUT2D eigenvalue weighted by molar-refractivity contribution is 6.33. The molecule has 1 heterocycles. The second-order valence-corrected chi connectivity index (χ2v) is 5.44. The third-order valence-electron chi connectivity index (χ3n) is 3.93. The highest BCUT2D eigenvalue weighted by Crippen LogP contribution is 2.31. The smallest absolute Gasteiger partial charge is 0.435 e. The van der Waals surface area contributed by atoms with Crippen molar-refractivity contribution in [3.05, 3.63) is 36.4 Å². The zero-order chi connectivity index (χ0) is 16.8. The first-order chi connectivity index (χ1) is 11.8. The van der Waals surface area contributed by atoms with Crippen molar-refractivity contribution in [3.8, 4) is 5.75 Å². The van der Waals surface area contributed by atoms with Crippen molar-refractivity contribution < 1.29 is 18.9 Å². The molecule has 0 spiro atoms. The van der Waals surface area contributed by atoms with Crippen molar-refractivity contribution in [3.63, 3.8) is 0 Å². The number of rotatable bonds is 6. The summed E-state index contributed by atoms with van der Waals surface area (Å²) >= 11 is 0. The molecule has 0 aliphatic carbocycles. The van der Waals surface area contributed by atoms with Crippen LogP contribution >= 0.6 is 0 Å². The molecule has 0 aromatic heterocycles. The number of amides is 1. The molecule has 0 atom stereocenters. The summed E-state index contributed by atoms with van der Waals surface area (Å²) in [5.41, 5.74) is 0.916. The van der Waals surface area contributed by atoms with Gasteiger partial charge < -0.3 is 24.3 Å². The lowest BCUT2D eigenvalue weighted by molar-refractivity contribution is -0.137. The van der Waals surface area contributed by atoms with E-state index in [0.717, 1.165) is 16.5 Å². The Balaban J connectivity index is 1.73. The van der Waals surface area contributed by atoms with Gasteiger partial charge in [-0.1, -0.05) is 24.3 Å². The summed E-state index contributed by atoms with van der Waals surface area (Å²) in [7, 11) is 3.11. The summed E-state index contributed by atoms with van der Waals surface area (Å²) in [6, 6.07) is 11.7. The number of anilines is 1. The van der Waals surface area contributed by atoms with Gasteiger partial charge in [-0.25, -0.2) is 0 Å². The van der Waals surface area contributed by atoms with Crippen LogP contribution in [-0.4, -0.2) is 58.4 Å². The van der Waals surface area contributed by atoms with E-state index in [9.17, 15) is 4.79 Å². The van der Waals surface area contributed by atoms with Gasteiger partial charge in [-0.15, -0.1) is 0 Å². The first kappa shape index (κ1) is 16.6. The van der Waals surface area contributed by atoms with Crippen molar-refractivity contribution in [2.24, 2.45) is 0 Å². The molecule has 1 radical (unpaired) electrons. The SMILES string of the molecule is CO[B]Nc1ccc(OCC(=O)N2CCOCC2)c2ccccc12. The molecule has 1 aliphatic rings. The zero-order valence-electron chi connectivity index (χ0n) is 13.7. The van der Waals surface area contributed by atoms with Crippen molar-refractivity contribution in [1.82, 2.24) is 4.90 Å². The van der Waals surface area contributed by atoms with Crippen molar-refractivity contribution in [1.29, 1.82) is 0 Å². The third kappa shape index (κ3) is 3.80. The van der Waals surface area contributed by atoms with E-state index in [2.05, 4.69) is 5.23 Å². The molecule has 1 N–H and O–H groups in total. The average Bonchev–Trinajstić information content (AvgIpc) is 2.65. The lowest BCUT2D eigenvalue weighted by Crippen LogP contribution is -2.42. The number of benzene rings is 2. The fourth-order valence-electron chi connectivity index (χ4n) is 2.69. The number of hydrogen-bond donors (Lipinski definition) is 1. The molecular weight excluding hydrogens is 307 g/mol. The molecule has 3 rings (SSSR count). The number of fused-ring (bicyclic) bond motifs is 1. The molecular formula is C17H20BN2O4. The van der Waals surface area contributed by atoms with Gasteiger partial charge >= 0.3 is 7.62 Å². The number of morpholine rings is 1. The van der Waals surface area contributed by atoms with Gasteiger partial charge in [-0.3, -0.25) is 4.79 Å². The van der Waals surface area contributed by atoms with Crippen molar-refractivity contribution in [2.75, 3.05) is 45.2 Å². The molecule has 0 bridgehead atoms. The Kier molecular flexibility index (Phi) is 5.56. The molecule has 2 aromatic rings. The molecule has 0 saturated carbocycles. The van der Waals surface area contributed by atoms with E-state index in [1.165, 1.54) is 7.62 Å². The number of carbonyl (C=O) groups excluding carboxylic acids is 1. The summed E-state index contributed by atoms with van der Waals surface area (Å²) in [5.74, 6) is 0.674. The van der Waals surface area contributed by atoms with E-state index in [1.807, 2.05) is 36.4 Å². The Morgan fingerprint density at radius 1 is 1.21 bits per heavy atom. The Labute approximate surface area is 142 Å². The Morgan fingerprint density at radius 2 is 1.96 bits per heavy atom. The molecule has 1 aliphatic heterocycles. The van der Waals surface area contributed by atoms with Gasteiger partial charge in [0.05, 0.1) is 13.2 Å². The summed E-state index contributed by atoms with van der Waals surface area (Å²) in [5, 5.41) is 5.04. The maximum atomic E-state index is 12.2. The van der Waals surface area contributed by atoms with Crippen LogP contribution < -0.4 is 9.96 Å². The van der Waals surface area contributed by atoms with E-state index in [1.54, 1.807) is 12.0 Å².